The second kappa shape index (κ2) is 5.16. The minimum absolute atomic E-state index is 0.278. The number of hydrogen-bond acceptors (Lipinski definition) is 5. The second-order valence-electron chi connectivity index (χ2n) is 4.99. The predicted octanol–water partition coefficient (Wildman–Crippen LogP) is 1.74. The van der Waals surface area contributed by atoms with Gasteiger partial charge in [0.25, 0.3) is 0 Å². The standard InChI is InChI=1S/C14H16N2O4S/c1-10-7-12(3-4-13(10)19-2)21(17,18)16-6-5-14-11(9-16)8-15-20-14/h3-4,7-8H,5-6,9H2,1-2H3. The molecule has 6 nitrogen and oxygen atoms in total. The zero-order chi connectivity index (χ0) is 15.0. The van der Waals surface area contributed by atoms with Gasteiger partial charge in [0, 0.05) is 25.1 Å². The quantitative estimate of drug-likeness (QED) is 0.863. The van der Waals surface area contributed by atoms with E-state index in [1.807, 2.05) is 6.92 Å². The Balaban J connectivity index is 1.93. The number of aromatic nitrogens is 1. The Kier molecular flexibility index (Phi) is 3.46. The summed E-state index contributed by atoms with van der Waals surface area (Å²) in [5, 5.41) is 3.72. The van der Waals surface area contributed by atoms with Gasteiger partial charge in [-0.2, -0.15) is 4.31 Å². The molecule has 112 valence electrons. The molecule has 0 saturated carbocycles. The summed E-state index contributed by atoms with van der Waals surface area (Å²) in [6.45, 7) is 2.52. The molecule has 0 N–H and O–H groups in total. The van der Waals surface area contributed by atoms with Gasteiger partial charge in [0.1, 0.15) is 11.5 Å². The van der Waals surface area contributed by atoms with E-state index >= 15 is 0 Å². The number of sulfonamides is 1. The summed E-state index contributed by atoms with van der Waals surface area (Å²) in [5.74, 6) is 1.45. The van der Waals surface area contributed by atoms with E-state index in [1.54, 1.807) is 31.5 Å². The van der Waals surface area contributed by atoms with Gasteiger partial charge in [-0.15, -0.1) is 0 Å². The van der Waals surface area contributed by atoms with Crippen molar-refractivity contribution in [2.45, 2.75) is 24.8 Å². The average Bonchev–Trinajstić information content (AvgIpc) is 2.94. The zero-order valence-electron chi connectivity index (χ0n) is 11.9. The van der Waals surface area contributed by atoms with Crippen LogP contribution in [0, 0.1) is 6.92 Å². The maximum absolute atomic E-state index is 12.7. The zero-order valence-corrected chi connectivity index (χ0v) is 12.7. The Morgan fingerprint density at radius 2 is 2.19 bits per heavy atom. The largest absolute Gasteiger partial charge is 0.496 e. The molecule has 0 radical (unpaired) electrons. The first kappa shape index (κ1) is 14.1. The van der Waals surface area contributed by atoms with Gasteiger partial charge in [-0.25, -0.2) is 8.42 Å². The number of methoxy groups -OCH3 is 1. The Morgan fingerprint density at radius 1 is 1.38 bits per heavy atom. The maximum atomic E-state index is 12.7. The van der Waals surface area contributed by atoms with Crippen LogP contribution in [-0.4, -0.2) is 31.5 Å². The van der Waals surface area contributed by atoms with Crippen LogP contribution < -0.4 is 4.74 Å². The summed E-state index contributed by atoms with van der Waals surface area (Å²) in [6.07, 6.45) is 2.12. The molecule has 0 aliphatic carbocycles. The summed E-state index contributed by atoms with van der Waals surface area (Å²) in [4.78, 5) is 0.278. The number of aryl methyl sites for hydroxylation is 1. The molecule has 1 aliphatic heterocycles. The van der Waals surface area contributed by atoms with Crippen molar-refractivity contribution in [1.29, 1.82) is 0 Å². The molecular weight excluding hydrogens is 292 g/mol. The third kappa shape index (κ3) is 2.43. The van der Waals surface area contributed by atoms with Gasteiger partial charge in [-0.1, -0.05) is 5.16 Å². The van der Waals surface area contributed by atoms with Gasteiger partial charge in [0.2, 0.25) is 10.0 Å². The number of fused-ring (bicyclic) bond motifs is 1. The molecule has 1 aliphatic rings. The van der Waals surface area contributed by atoms with Crippen LogP contribution in [0.15, 0.2) is 33.8 Å². The molecular formula is C14H16N2O4S. The number of benzene rings is 1. The molecule has 3 rings (SSSR count). The smallest absolute Gasteiger partial charge is 0.243 e. The molecule has 0 unspecified atom stereocenters. The first-order valence-electron chi connectivity index (χ1n) is 6.59. The van der Waals surface area contributed by atoms with Crippen molar-refractivity contribution in [2.24, 2.45) is 0 Å². The van der Waals surface area contributed by atoms with Crippen LogP contribution in [-0.2, 0) is 23.0 Å². The molecule has 2 aromatic rings. The Morgan fingerprint density at radius 3 is 2.90 bits per heavy atom. The first-order valence-corrected chi connectivity index (χ1v) is 8.03. The first-order chi connectivity index (χ1) is 10.0. The molecule has 0 atom stereocenters. The average molecular weight is 308 g/mol. The van der Waals surface area contributed by atoms with Gasteiger partial charge in [0.15, 0.2) is 0 Å². The fourth-order valence-electron chi connectivity index (χ4n) is 2.48. The minimum atomic E-state index is -3.52. The number of ether oxygens (including phenoxy) is 1. The van der Waals surface area contributed by atoms with Crippen molar-refractivity contribution < 1.29 is 17.7 Å². The molecule has 0 spiro atoms. The van der Waals surface area contributed by atoms with Crippen LogP contribution in [0.1, 0.15) is 16.9 Å². The van der Waals surface area contributed by atoms with E-state index in [0.29, 0.717) is 25.3 Å². The van der Waals surface area contributed by atoms with E-state index in [2.05, 4.69) is 5.16 Å². The van der Waals surface area contributed by atoms with E-state index in [-0.39, 0.29) is 4.90 Å². The van der Waals surface area contributed by atoms with Crippen LogP contribution in [0.5, 0.6) is 5.75 Å². The third-order valence-corrected chi connectivity index (χ3v) is 5.51. The van der Waals surface area contributed by atoms with Gasteiger partial charge >= 0.3 is 0 Å². The lowest BCUT2D eigenvalue weighted by Gasteiger charge is -2.25. The van der Waals surface area contributed by atoms with Crippen molar-refractivity contribution in [2.75, 3.05) is 13.7 Å². The van der Waals surface area contributed by atoms with Crippen molar-refractivity contribution >= 4 is 10.0 Å². The normalized spacial score (nSPS) is 15.7. The van der Waals surface area contributed by atoms with E-state index < -0.39 is 10.0 Å². The van der Waals surface area contributed by atoms with Gasteiger partial charge in [0.05, 0.1) is 18.2 Å². The molecule has 0 saturated heterocycles. The Labute approximate surface area is 123 Å². The summed E-state index contributed by atoms with van der Waals surface area (Å²) in [7, 11) is -1.96. The summed E-state index contributed by atoms with van der Waals surface area (Å²) in [6, 6.07) is 4.89. The lowest BCUT2D eigenvalue weighted by molar-refractivity contribution is 0.331. The van der Waals surface area contributed by atoms with Crippen molar-refractivity contribution in [1.82, 2.24) is 9.46 Å². The molecule has 7 heteroatoms. The van der Waals surface area contributed by atoms with Gasteiger partial charge < -0.3 is 9.26 Å². The Bertz CT molecular complexity index is 767. The number of rotatable bonds is 3. The molecule has 21 heavy (non-hydrogen) atoms. The lowest BCUT2D eigenvalue weighted by atomic mass is 10.1. The minimum Gasteiger partial charge on any atom is -0.496 e. The highest BCUT2D eigenvalue weighted by molar-refractivity contribution is 7.89. The van der Waals surface area contributed by atoms with Crippen molar-refractivity contribution in [3.8, 4) is 5.75 Å². The summed E-state index contributed by atoms with van der Waals surface area (Å²) >= 11 is 0. The van der Waals surface area contributed by atoms with Crippen LogP contribution in [0.4, 0.5) is 0 Å². The maximum Gasteiger partial charge on any atom is 0.243 e. The fraction of sp³-hybridized carbons (Fsp3) is 0.357. The van der Waals surface area contributed by atoms with Crippen LogP contribution >= 0.6 is 0 Å². The van der Waals surface area contributed by atoms with Crippen LogP contribution in [0.3, 0.4) is 0 Å². The summed E-state index contributed by atoms with van der Waals surface area (Å²) < 4.78 is 37.1. The SMILES string of the molecule is COc1ccc(S(=O)(=O)N2CCc3oncc3C2)cc1C. The highest BCUT2D eigenvalue weighted by Gasteiger charge is 2.30. The molecule has 0 bridgehead atoms. The molecule has 2 heterocycles. The van der Waals surface area contributed by atoms with E-state index in [1.165, 1.54) is 4.31 Å². The van der Waals surface area contributed by atoms with Gasteiger partial charge in [-0.3, -0.25) is 0 Å². The predicted molar refractivity (Wildman–Crippen MR) is 75.5 cm³/mol. The topological polar surface area (TPSA) is 72.6 Å². The monoisotopic (exact) mass is 308 g/mol. The Hall–Kier alpha value is -1.86. The third-order valence-electron chi connectivity index (χ3n) is 3.67. The number of nitrogens with zero attached hydrogens (tertiary/aromatic N) is 2. The second-order valence-corrected chi connectivity index (χ2v) is 6.93. The highest BCUT2D eigenvalue weighted by atomic mass is 32.2. The summed E-state index contributed by atoms with van der Waals surface area (Å²) in [5.41, 5.74) is 1.62. The van der Waals surface area contributed by atoms with Gasteiger partial charge in [-0.05, 0) is 30.7 Å². The van der Waals surface area contributed by atoms with Crippen molar-refractivity contribution in [3.05, 3.63) is 41.3 Å². The van der Waals surface area contributed by atoms with E-state index in [9.17, 15) is 8.42 Å². The number of hydrogen-bond donors (Lipinski definition) is 0. The van der Waals surface area contributed by atoms with E-state index in [0.717, 1.165) is 16.9 Å². The molecule has 0 amide bonds. The molecule has 1 aromatic heterocycles. The molecule has 0 fully saturated rings. The molecule has 1 aromatic carbocycles. The fourth-order valence-corrected chi connectivity index (χ4v) is 3.98. The van der Waals surface area contributed by atoms with Crippen LogP contribution in [0.25, 0.3) is 0 Å². The lowest BCUT2D eigenvalue weighted by Crippen LogP contribution is -2.35. The van der Waals surface area contributed by atoms with Crippen LogP contribution in [0.2, 0.25) is 0 Å². The van der Waals surface area contributed by atoms with E-state index in [4.69, 9.17) is 9.26 Å². The highest BCUT2D eigenvalue weighted by Crippen LogP contribution is 2.27. The van der Waals surface area contributed by atoms with Crippen molar-refractivity contribution in [3.63, 3.8) is 0 Å².